The molecule has 3 rings (SSSR count). The molecule has 1 N–H and O–H groups in total. The number of hydrogen-bond donors (Lipinski definition) is 1. The summed E-state index contributed by atoms with van der Waals surface area (Å²) in [5, 5.41) is 3.53. The minimum atomic E-state index is 0.216. The highest BCUT2D eigenvalue weighted by Gasteiger charge is 2.13. The predicted molar refractivity (Wildman–Crippen MR) is 90.2 cm³/mol. The summed E-state index contributed by atoms with van der Waals surface area (Å²) in [5.74, 6) is 1.79. The maximum Gasteiger partial charge on any atom is 0.161 e. The summed E-state index contributed by atoms with van der Waals surface area (Å²) in [4.78, 5) is 10.0. The summed E-state index contributed by atoms with van der Waals surface area (Å²) in [6, 6.07) is 8.40. The van der Waals surface area contributed by atoms with Gasteiger partial charge in [-0.2, -0.15) is 0 Å². The minimum Gasteiger partial charge on any atom is -0.375 e. The Labute approximate surface area is 136 Å². The second-order valence-corrected chi connectivity index (χ2v) is 7.22. The molecule has 0 aliphatic heterocycles. The molecule has 3 aromatic rings. The third kappa shape index (κ3) is 3.01. The Morgan fingerprint density at radius 1 is 1.24 bits per heavy atom. The van der Waals surface area contributed by atoms with Gasteiger partial charge in [-0.3, -0.25) is 4.57 Å². The summed E-state index contributed by atoms with van der Waals surface area (Å²) in [6.45, 7) is 4.12. The van der Waals surface area contributed by atoms with Crippen molar-refractivity contribution in [3.05, 3.63) is 57.3 Å². The van der Waals surface area contributed by atoms with Crippen LogP contribution in [-0.4, -0.2) is 14.5 Å². The summed E-state index contributed by atoms with van der Waals surface area (Å²) in [7, 11) is 0. The first-order valence-corrected chi connectivity index (χ1v) is 8.23. The average Bonchev–Trinajstić information content (AvgIpc) is 3.08. The number of anilines is 1. The third-order valence-electron chi connectivity index (χ3n) is 3.23. The Hall–Kier alpha value is -1.66. The Bertz CT molecular complexity index is 749. The number of aryl methyl sites for hydroxylation is 1. The molecule has 21 heavy (non-hydrogen) atoms. The van der Waals surface area contributed by atoms with Gasteiger partial charge >= 0.3 is 0 Å². The van der Waals surface area contributed by atoms with E-state index in [0.717, 1.165) is 21.1 Å². The lowest BCUT2D eigenvalue weighted by atomic mass is 10.2. The molecule has 0 aliphatic carbocycles. The molecule has 108 valence electrons. The van der Waals surface area contributed by atoms with Gasteiger partial charge in [-0.15, -0.1) is 11.3 Å². The fourth-order valence-electron chi connectivity index (χ4n) is 2.17. The van der Waals surface area contributed by atoms with Crippen molar-refractivity contribution >= 4 is 33.0 Å². The fraction of sp³-hybridized carbons (Fsp3) is 0.200. The van der Waals surface area contributed by atoms with Gasteiger partial charge in [0.05, 0.1) is 15.5 Å². The maximum atomic E-state index is 4.49. The van der Waals surface area contributed by atoms with E-state index >= 15 is 0 Å². The van der Waals surface area contributed by atoms with Gasteiger partial charge < -0.3 is 5.32 Å². The molecule has 0 amide bonds. The van der Waals surface area contributed by atoms with Crippen molar-refractivity contribution in [3.63, 3.8) is 0 Å². The van der Waals surface area contributed by atoms with E-state index in [-0.39, 0.29) is 6.04 Å². The maximum absolute atomic E-state index is 4.49. The highest BCUT2D eigenvalue weighted by molar-refractivity contribution is 9.11. The van der Waals surface area contributed by atoms with Crippen LogP contribution in [0.25, 0.3) is 5.82 Å². The molecule has 0 radical (unpaired) electrons. The molecule has 0 saturated carbocycles. The molecule has 0 spiro atoms. The van der Waals surface area contributed by atoms with E-state index in [1.54, 1.807) is 23.7 Å². The molecule has 6 heteroatoms. The van der Waals surface area contributed by atoms with Crippen LogP contribution in [0.4, 0.5) is 5.69 Å². The van der Waals surface area contributed by atoms with Crippen molar-refractivity contribution in [2.24, 2.45) is 0 Å². The van der Waals surface area contributed by atoms with E-state index < -0.39 is 0 Å². The number of imidazole rings is 1. The predicted octanol–water partition coefficient (Wildman–Crippen LogP) is 4.57. The highest BCUT2D eigenvalue weighted by Crippen LogP contribution is 2.30. The molecule has 0 bridgehead atoms. The first-order chi connectivity index (χ1) is 10.1. The molecule has 0 aliphatic rings. The molecular weight excluding hydrogens is 348 g/mol. The summed E-state index contributed by atoms with van der Waals surface area (Å²) >= 11 is 5.24. The van der Waals surface area contributed by atoms with Crippen LogP contribution in [0.1, 0.15) is 23.7 Å². The van der Waals surface area contributed by atoms with Crippen LogP contribution in [0.5, 0.6) is 0 Å². The molecule has 0 aromatic carbocycles. The van der Waals surface area contributed by atoms with Gasteiger partial charge in [0, 0.05) is 23.5 Å². The van der Waals surface area contributed by atoms with Crippen molar-refractivity contribution in [2.75, 3.05) is 5.32 Å². The van der Waals surface area contributed by atoms with Crippen LogP contribution in [0.15, 0.2) is 46.6 Å². The van der Waals surface area contributed by atoms with Gasteiger partial charge in [0.15, 0.2) is 5.82 Å². The lowest BCUT2D eigenvalue weighted by Crippen LogP contribution is -2.09. The zero-order valence-corrected chi connectivity index (χ0v) is 14.1. The first kappa shape index (κ1) is 14.3. The normalized spacial score (nSPS) is 12.3. The van der Waals surface area contributed by atoms with Crippen LogP contribution in [0, 0.1) is 6.92 Å². The van der Waals surface area contributed by atoms with Crippen LogP contribution in [-0.2, 0) is 0 Å². The number of aromatic nitrogens is 3. The quantitative estimate of drug-likeness (QED) is 0.738. The smallest absolute Gasteiger partial charge is 0.161 e. The number of nitrogens with one attached hydrogen (secondary N) is 1. The molecule has 0 saturated heterocycles. The van der Waals surface area contributed by atoms with E-state index in [2.05, 4.69) is 50.3 Å². The second-order valence-electron chi connectivity index (χ2n) is 4.73. The minimum absolute atomic E-state index is 0.216. The largest absolute Gasteiger partial charge is 0.375 e. The number of rotatable bonds is 4. The number of hydrogen-bond acceptors (Lipinski definition) is 4. The van der Waals surface area contributed by atoms with Crippen molar-refractivity contribution < 1.29 is 0 Å². The van der Waals surface area contributed by atoms with E-state index in [1.165, 1.54) is 4.88 Å². The molecular formula is C15H15BrN4S. The van der Waals surface area contributed by atoms with E-state index in [4.69, 9.17) is 0 Å². The number of nitrogens with zero attached hydrogens (tertiary/aromatic N) is 3. The van der Waals surface area contributed by atoms with E-state index in [1.807, 2.05) is 29.8 Å². The monoisotopic (exact) mass is 362 g/mol. The van der Waals surface area contributed by atoms with Crippen LogP contribution < -0.4 is 5.32 Å². The molecule has 4 nitrogen and oxygen atoms in total. The standard InChI is InChI=1S/C15H15BrN4S/c1-10(13-5-6-14(16)21-13)19-12-4-3-7-18-15(12)20-9-8-17-11(20)2/h3-10,19H,1-2H3. The number of halogens is 1. The van der Waals surface area contributed by atoms with E-state index in [9.17, 15) is 0 Å². The zero-order valence-electron chi connectivity index (χ0n) is 11.7. The number of pyridine rings is 1. The van der Waals surface area contributed by atoms with Gasteiger partial charge in [0.25, 0.3) is 0 Å². The third-order valence-corrected chi connectivity index (χ3v) is 5.04. The molecule has 3 aromatic heterocycles. The topological polar surface area (TPSA) is 42.7 Å². The molecule has 1 atom stereocenters. The van der Waals surface area contributed by atoms with Crippen molar-refractivity contribution in [1.82, 2.24) is 14.5 Å². The lowest BCUT2D eigenvalue weighted by Gasteiger charge is -2.17. The van der Waals surface area contributed by atoms with Crippen molar-refractivity contribution in [3.8, 4) is 5.82 Å². The lowest BCUT2D eigenvalue weighted by molar-refractivity contribution is 0.882. The summed E-state index contributed by atoms with van der Waals surface area (Å²) in [5.41, 5.74) is 0.996. The fourth-order valence-corrected chi connectivity index (χ4v) is 3.59. The van der Waals surface area contributed by atoms with Crippen LogP contribution in [0.2, 0.25) is 0 Å². The second kappa shape index (κ2) is 5.99. The van der Waals surface area contributed by atoms with Gasteiger partial charge in [-0.05, 0) is 54.0 Å². The van der Waals surface area contributed by atoms with Crippen LogP contribution >= 0.6 is 27.3 Å². The first-order valence-electron chi connectivity index (χ1n) is 6.62. The highest BCUT2D eigenvalue weighted by atomic mass is 79.9. The summed E-state index contributed by atoms with van der Waals surface area (Å²) in [6.07, 6.45) is 5.51. The Balaban J connectivity index is 1.91. The van der Waals surface area contributed by atoms with Crippen LogP contribution in [0.3, 0.4) is 0 Å². The van der Waals surface area contributed by atoms with Crippen molar-refractivity contribution in [2.45, 2.75) is 19.9 Å². The zero-order chi connectivity index (χ0) is 14.8. The molecule has 1 unspecified atom stereocenters. The SMILES string of the molecule is Cc1nccn1-c1ncccc1NC(C)c1ccc(Br)s1. The Morgan fingerprint density at radius 2 is 2.10 bits per heavy atom. The average molecular weight is 363 g/mol. The van der Waals surface area contributed by atoms with Gasteiger partial charge in [0.1, 0.15) is 5.82 Å². The van der Waals surface area contributed by atoms with Crippen molar-refractivity contribution in [1.29, 1.82) is 0 Å². The van der Waals surface area contributed by atoms with Gasteiger partial charge in [0.2, 0.25) is 0 Å². The Morgan fingerprint density at radius 3 is 2.76 bits per heavy atom. The number of thiophene rings is 1. The van der Waals surface area contributed by atoms with Gasteiger partial charge in [-0.25, -0.2) is 9.97 Å². The molecule has 3 heterocycles. The van der Waals surface area contributed by atoms with Gasteiger partial charge in [-0.1, -0.05) is 0 Å². The Kier molecular flexibility index (Phi) is 4.07. The molecule has 0 fully saturated rings. The van der Waals surface area contributed by atoms with E-state index in [0.29, 0.717) is 0 Å². The summed E-state index contributed by atoms with van der Waals surface area (Å²) < 4.78 is 3.13.